The summed E-state index contributed by atoms with van der Waals surface area (Å²) in [6.07, 6.45) is 18.3. The molecule has 6 aromatic rings. The molecule has 0 aromatic carbocycles. The summed E-state index contributed by atoms with van der Waals surface area (Å²) in [5, 5.41) is 23.4. The Morgan fingerprint density at radius 2 is 0.872 bits per heavy atom. The number of hydrogen-bond acceptors (Lipinski definition) is 9. The minimum atomic E-state index is -0.417. The maximum Gasteiger partial charge on any atom is 2.00 e. The fourth-order valence-corrected chi connectivity index (χ4v) is 3.45. The van der Waals surface area contributed by atoms with Crippen LogP contribution in [0.4, 0.5) is 11.4 Å². The third-order valence-electron chi connectivity index (χ3n) is 5.20. The molecular formula is C23H30B2FeN12O. The maximum absolute atomic E-state index is 7.00. The van der Waals surface area contributed by atoms with Crippen LogP contribution in [0.15, 0.2) is 110 Å². The van der Waals surface area contributed by atoms with Gasteiger partial charge >= 0.3 is 17.1 Å². The summed E-state index contributed by atoms with van der Waals surface area (Å²) < 4.78 is 7.75. The molecule has 0 amide bonds. The topological polar surface area (TPSA) is 169 Å². The van der Waals surface area contributed by atoms with Gasteiger partial charge in [-0.2, -0.15) is 0 Å². The van der Waals surface area contributed by atoms with Crippen molar-refractivity contribution in [1.82, 2.24) is 48.7 Å². The van der Waals surface area contributed by atoms with Crippen molar-refractivity contribution in [1.29, 1.82) is 0 Å². The maximum atomic E-state index is 7.00. The quantitative estimate of drug-likeness (QED) is 0.240. The van der Waals surface area contributed by atoms with Gasteiger partial charge in [-0.3, -0.25) is 9.97 Å². The summed E-state index contributed by atoms with van der Waals surface area (Å²) in [5.74, 6) is 0. The van der Waals surface area contributed by atoms with Gasteiger partial charge in [-0.1, -0.05) is 0 Å². The summed E-state index contributed by atoms with van der Waals surface area (Å²) in [4.78, 5) is 8.31. The first-order chi connectivity index (χ1) is 18.7. The molecule has 0 fully saturated rings. The van der Waals surface area contributed by atoms with E-state index in [0.29, 0.717) is 11.4 Å². The average molecular weight is 568 g/mol. The van der Waals surface area contributed by atoms with Crippen LogP contribution in [0.3, 0.4) is 0 Å². The van der Waals surface area contributed by atoms with Gasteiger partial charge in [-0.15, -0.1) is 0 Å². The van der Waals surface area contributed by atoms with E-state index in [9.17, 15) is 0 Å². The fourth-order valence-electron chi connectivity index (χ4n) is 3.45. The summed E-state index contributed by atoms with van der Waals surface area (Å²) in [6.45, 7) is 0. The second kappa shape index (κ2) is 17.0. The molecule has 0 spiro atoms. The first kappa shape index (κ1) is 30.6. The second-order valence-corrected chi connectivity index (χ2v) is 8.07. The molecule has 6 rings (SSSR count). The van der Waals surface area contributed by atoms with E-state index in [1.807, 2.05) is 67.4 Å². The predicted octanol–water partition coefficient (Wildman–Crippen LogP) is -0.136. The Bertz CT molecular complexity index is 1240. The van der Waals surface area contributed by atoms with E-state index in [0.717, 1.165) is 18.5 Å². The molecule has 0 unspecified atom stereocenters. The molecule has 5 N–H and O–H groups in total. The van der Waals surface area contributed by atoms with Crippen LogP contribution in [0, 0.1) is 0 Å². The monoisotopic (exact) mass is 568 g/mol. The van der Waals surface area contributed by atoms with E-state index in [4.69, 9.17) is 16.6 Å². The van der Waals surface area contributed by atoms with Crippen molar-refractivity contribution in [2.24, 2.45) is 0 Å². The molecule has 0 atom stereocenters. The number of anilines is 2. The van der Waals surface area contributed by atoms with E-state index >= 15 is 0 Å². The first-order valence-corrected chi connectivity index (χ1v) is 12.0. The number of pyridine rings is 2. The number of aromatic nitrogens is 10. The smallest absolute Gasteiger partial charge is 0.429 e. The van der Waals surface area contributed by atoms with E-state index < -0.39 is 15.1 Å². The summed E-state index contributed by atoms with van der Waals surface area (Å²) in [5.41, 5.74) is 14.1. The van der Waals surface area contributed by atoms with Crippen LogP contribution in [0.25, 0.3) is 11.4 Å². The Labute approximate surface area is 237 Å². The van der Waals surface area contributed by atoms with Crippen molar-refractivity contribution in [3.63, 3.8) is 0 Å². The standard InChI is InChI=1S/C10H10N4.2C6H8BN4.CH4O.Fe/c11-7-1-3-13-9(5-7)10-6-8(12)2-4-14-10;2*1-3-8-10(5-1)7-11-6-2-4-9-11;1-2;/h1-6H,(H2,11,13)(H2,12,14);2*1-6H,7H2;2H,1H3;/q;2*-1;;+2. The molecule has 0 saturated carbocycles. The van der Waals surface area contributed by atoms with Gasteiger partial charge in [-0.05, 0) is 73.3 Å². The van der Waals surface area contributed by atoms with Gasteiger partial charge in [0, 0.05) is 55.7 Å². The molecule has 202 valence electrons. The Morgan fingerprint density at radius 3 is 1.10 bits per heavy atom. The van der Waals surface area contributed by atoms with E-state index in [-0.39, 0.29) is 17.1 Å². The van der Waals surface area contributed by atoms with Crippen molar-refractivity contribution in [2.75, 3.05) is 18.6 Å². The molecule has 6 aromatic heterocycles. The van der Waals surface area contributed by atoms with Crippen molar-refractivity contribution in [3.8, 4) is 11.4 Å². The Morgan fingerprint density at radius 1 is 0.564 bits per heavy atom. The number of hydrogen-bond donors (Lipinski definition) is 3. The SMILES string of the molecule is CO.Nc1ccnc(-c2cc(N)ccn2)c1.[BH2-](n1cccn1)n1cccn1.[BH2-](n1cccn1)n1cccn1.[Fe+2]. The van der Waals surface area contributed by atoms with Crippen LogP contribution in [0.2, 0.25) is 0 Å². The van der Waals surface area contributed by atoms with Crippen LogP contribution in [-0.4, -0.2) is 76.0 Å². The van der Waals surface area contributed by atoms with Crippen LogP contribution in [0.5, 0.6) is 0 Å². The van der Waals surface area contributed by atoms with E-state index in [1.165, 1.54) is 0 Å². The number of nitrogen functional groups attached to an aromatic ring is 2. The Balaban J connectivity index is 0.000000198. The third kappa shape index (κ3) is 10.7. The largest absolute Gasteiger partial charge is 2.00 e. The van der Waals surface area contributed by atoms with Crippen LogP contribution < -0.4 is 11.5 Å². The predicted molar refractivity (Wildman–Crippen MR) is 152 cm³/mol. The fraction of sp³-hybridized carbons (Fsp3) is 0.0435. The molecule has 0 radical (unpaired) electrons. The molecule has 0 bridgehead atoms. The third-order valence-corrected chi connectivity index (χ3v) is 5.20. The van der Waals surface area contributed by atoms with Gasteiger partial charge in [0.25, 0.3) is 0 Å². The van der Waals surface area contributed by atoms with Crippen molar-refractivity contribution in [2.45, 2.75) is 0 Å². The molecule has 0 aliphatic heterocycles. The summed E-state index contributed by atoms with van der Waals surface area (Å²) in [6, 6.07) is 14.7. The van der Waals surface area contributed by atoms with E-state index in [1.54, 1.807) is 61.4 Å². The van der Waals surface area contributed by atoms with Gasteiger partial charge in [0.05, 0.1) is 11.4 Å². The van der Waals surface area contributed by atoms with Crippen molar-refractivity contribution in [3.05, 3.63) is 110 Å². The molecule has 16 heteroatoms. The van der Waals surface area contributed by atoms with Crippen molar-refractivity contribution < 1.29 is 22.2 Å². The molecule has 13 nitrogen and oxygen atoms in total. The minimum absolute atomic E-state index is 0. The second-order valence-electron chi connectivity index (χ2n) is 8.07. The Kier molecular flexibility index (Phi) is 13.3. The molecule has 0 aliphatic carbocycles. The molecule has 0 aliphatic rings. The molecule has 6 heterocycles. The van der Waals surface area contributed by atoms with Crippen molar-refractivity contribution >= 4 is 26.5 Å². The van der Waals surface area contributed by atoms with Gasteiger partial charge in [0.15, 0.2) is 15.1 Å². The average Bonchev–Trinajstić information content (AvgIpc) is 3.77. The summed E-state index contributed by atoms with van der Waals surface area (Å²) in [7, 11) is 0.167. The molecular weight excluding hydrogens is 538 g/mol. The van der Waals surface area contributed by atoms with Gasteiger partial charge in [-0.25, -0.2) is 20.4 Å². The zero-order valence-corrected chi connectivity index (χ0v) is 22.9. The molecule has 39 heavy (non-hydrogen) atoms. The van der Waals surface area contributed by atoms with Crippen LogP contribution >= 0.6 is 0 Å². The van der Waals surface area contributed by atoms with Crippen LogP contribution in [-0.2, 0) is 17.1 Å². The molecule has 0 saturated heterocycles. The summed E-state index contributed by atoms with van der Waals surface area (Å²) >= 11 is 0. The zero-order valence-electron chi connectivity index (χ0n) is 21.8. The first-order valence-electron chi connectivity index (χ1n) is 12.0. The number of aliphatic hydroxyl groups excluding tert-OH is 1. The van der Waals surface area contributed by atoms with Crippen LogP contribution in [0.1, 0.15) is 0 Å². The normalized spacial score (nSPS) is 9.49. The number of rotatable bonds is 5. The Hall–Kier alpha value is -4.65. The van der Waals surface area contributed by atoms with E-state index in [2.05, 4.69) is 30.4 Å². The van der Waals surface area contributed by atoms with Gasteiger partial charge in [0.2, 0.25) is 0 Å². The van der Waals surface area contributed by atoms with Gasteiger partial charge in [0.1, 0.15) is 0 Å². The zero-order chi connectivity index (χ0) is 27.0. The number of nitrogens with zero attached hydrogens (tertiary/aromatic N) is 10. The minimum Gasteiger partial charge on any atom is -0.429 e. The number of aliphatic hydroxyl groups is 1. The number of nitrogens with two attached hydrogens (primary N) is 2. The van der Waals surface area contributed by atoms with Gasteiger partial charge < -0.3 is 34.9 Å².